The Morgan fingerprint density at radius 1 is 1.03 bits per heavy atom. The van der Waals surface area contributed by atoms with Gasteiger partial charge in [0.15, 0.2) is 11.3 Å². The van der Waals surface area contributed by atoms with Crippen LogP contribution in [-0.4, -0.2) is 76.2 Å². The molecule has 3 aliphatic heterocycles. The summed E-state index contributed by atoms with van der Waals surface area (Å²) in [6, 6.07) is 8.41. The quantitative estimate of drug-likeness (QED) is 0.503. The molecular weight excluding hydrogens is 485 g/mol. The number of aromatic carboxylic acids is 1. The van der Waals surface area contributed by atoms with E-state index < -0.39 is 5.97 Å². The van der Waals surface area contributed by atoms with Crippen molar-refractivity contribution >= 4 is 22.7 Å². The van der Waals surface area contributed by atoms with Crippen molar-refractivity contribution in [2.24, 2.45) is 11.8 Å². The van der Waals surface area contributed by atoms with Gasteiger partial charge in [0, 0.05) is 13.1 Å². The molecule has 9 heteroatoms. The van der Waals surface area contributed by atoms with Gasteiger partial charge in [-0.3, -0.25) is 4.90 Å². The van der Waals surface area contributed by atoms with Crippen LogP contribution in [0.4, 0.5) is 10.1 Å². The van der Waals surface area contributed by atoms with Crippen LogP contribution in [0.25, 0.3) is 16.7 Å². The van der Waals surface area contributed by atoms with Crippen molar-refractivity contribution in [1.82, 2.24) is 19.7 Å². The van der Waals surface area contributed by atoms with Crippen LogP contribution in [0.15, 0.2) is 30.3 Å². The van der Waals surface area contributed by atoms with Gasteiger partial charge in [-0.25, -0.2) is 18.9 Å². The summed E-state index contributed by atoms with van der Waals surface area (Å²) in [6.07, 6.45) is 4.72. The second-order valence-electron chi connectivity index (χ2n) is 11.3. The van der Waals surface area contributed by atoms with Crippen LogP contribution in [0.1, 0.15) is 61.6 Å². The summed E-state index contributed by atoms with van der Waals surface area (Å²) in [7, 11) is 0. The molecule has 8 nitrogen and oxygen atoms in total. The van der Waals surface area contributed by atoms with Gasteiger partial charge in [0.2, 0.25) is 0 Å². The lowest BCUT2D eigenvalue weighted by Crippen LogP contribution is -2.52. The number of benzene rings is 1. The molecule has 1 N–H and O–H groups in total. The molecule has 0 saturated carbocycles. The molecule has 6 rings (SSSR count). The molecule has 0 radical (unpaired) electrons. The molecule has 5 heterocycles. The minimum absolute atomic E-state index is 0.000497. The number of fused-ring (bicyclic) bond motifs is 1. The second-order valence-corrected chi connectivity index (χ2v) is 11.3. The molecule has 3 saturated heterocycles. The first kappa shape index (κ1) is 25.2. The zero-order valence-electron chi connectivity index (χ0n) is 22.1. The minimum atomic E-state index is -1.07. The highest BCUT2D eigenvalue weighted by Gasteiger charge is 2.34. The van der Waals surface area contributed by atoms with Gasteiger partial charge < -0.3 is 14.7 Å². The van der Waals surface area contributed by atoms with E-state index in [-0.39, 0.29) is 17.4 Å². The van der Waals surface area contributed by atoms with Gasteiger partial charge in [0.05, 0.1) is 41.7 Å². The molecule has 0 atom stereocenters. The third-order valence-electron chi connectivity index (χ3n) is 8.74. The van der Waals surface area contributed by atoms with E-state index in [9.17, 15) is 14.3 Å². The van der Waals surface area contributed by atoms with Crippen LogP contribution in [0, 0.1) is 17.7 Å². The van der Waals surface area contributed by atoms with Gasteiger partial charge in [-0.1, -0.05) is 13.8 Å². The van der Waals surface area contributed by atoms with Crippen molar-refractivity contribution in [3.05, 3.63) is 47.5 Å². The molecule has 0 amide bonds. The topological polar surface area (TPSA) is 83.7 Å². The van der Waals surface area contributed by atoms with E-state index in [0.717, 1.165) is 61.8 Å². The summed E-state index contributed by atoms with van der Waals surface area (Å²) in [5, 5.41) is 15.7. The lowest BCUT2D eigenvalue weighted by molar-refractivity contribution is -0.0763. The normalized spacial score (nSPS) is 20.4. The number of piperidine rings is 2. The average molecular weight is 522 g/mol. The number of aromatic nitrogens is 3. The number of hydrogen-bond acceptors (Lipinski definition) is 6. The van der Waals surface area contributed by atoms with E-state index in [1.807, 2.05) is 0 Å². The Labute approximate surface area is 222 Å². The third kappa shape index (κ3) is 4.66. The summed E-state index contributed by atoms with van der Waals surface area (Å²) in [4.78, 5) is 21.5. The fraction of sp³-hybridized carbons (Fsp3) is 0.552. The average Bonchev–Trinajstić information content (AvgIpc) is 3.28. The molecule has 202 valence electrons. The third-order valence-corrected chi connectivity index (χ3v) is 8.74. The molecule has 3 aliphatic rings. The smallest absolute Gasteiger partial charge is 0.354 e. The van der Waals surface area contributed by atoms with Crippen molar-refractivity contribution in [2.45, 2.75) is 51.5 Å². The van der Waals surface area contributed by atoms with E-state index in [2.05, 4.69) is 28.6 Å². The number of likely N-dealkylation sites (tertiary alicyclic amines) is 1. The van der Waals surface area contributed by atoms with Crippen molar-refractivity contribution in [1.29, 1.82) is 0 Å². The van der Waals surface area contributed by atoms with Gasteiger partial charge in [-0.05, 0) is 86.9 Å². The first-order valence-electron chi connectivity index (χ1n) is 13.9. The summed E-state index contributed by atoms with van der Waals surface area (Å²) in [5.41, 5.74) is 2.92. The molecule has 0 aliphatic carbocycles. The number of carboxylic acids is 1. The number of nitrogens with zero attached hydrogens (tertiary/aromatic N) is 5. The number of ether oxygens (including phenoxy) is 1. The summed E-state index contributed by atoms with van der Waals surface area (Å²) >= 11 is 0. The highest BCUT2D eigenvalue weighted by molar-refractivity contribution is 5.98. The number of halogens is 1. The Morgan fingerprint density at radius 3 is 2.21 bits per heavy atom. The van der Waals surface area contributed by atoms with Crippen LogP contribution < -0.4 is 4.90 Å². The molecule has 38 heavy (non-hydrogen) atoms. The van der Waals surface area contributed by atoms with Gasteiger partial charge in [0.1, 0.15) is 5.82 Å². The van der Waals surface area contributed by atoms with Gasteiger partial charge >= 0.3 is 5.97 Å². The van der Waals surface area contributed by atoms with E-state index in [1.54, 1.807) is 22.9 Å². The van der Waals surface area contributed by atoms with Crippen LogP contribution in [0.5, 0.6) is 0 Å². The number of rotatable bonds is 6. The predicted octanol–water partition coefficient (Wildman–Crippen LogP) is 4.71. The Hall–Kier alpha value is -3.04. The maximum absolute atomic E-state index is 13.6. The first-order valence-corrected chi connectivity index (χ1v) is 13.9. The Kier molecular flexibility index (Phi) is 6.82. The molecule has 3 aromatic rings. The lowest BCUT2D eigenvalue weighted by atomic mass is 9.78. The molecule has 2 aromatic heterocycles. The highest BCUT2D eigenvalue weighted by Crippen LogP contribution is 2.39. The van der Waals surface area contributed by atoms with Crippen molar-refractivity contribution < 1.29 is 19.0 Å². The molecule has 1 aromatic carbocycles. The van der Waals surface area contributed by atoms with Crippen LogP contribution >= 0.6 is 0 Å². The number of carbonyl (C=O) groups is 1. The van der Waals surface area contributed by atoms with Gasteiger partial charge in [0.25, 0.3) is 0 Å². The zero-order valence-corrected chi connectivity index (χ0v) is 22.1. The minimum Gasteiger partial charge on any atom is -0.477 e. The molecule has 0 bridgehead atoms. The number of hydrogen-bond donors (Lipinski definition) is 1. The van der Waals surface area contributed by atoms with Crippen molar-refractivity contribution in [2.75, 3.05) is 44.3 Å². The van der Waals surface area contributed by atoms with Gasteiger partial charge in [-0.15, -0.1) is 0 Å². The fourth-order valence-electron chi connectivity index (χ4n) is 6.45. The fourth-order valence-corrected chi connectivity index (χ4v) is 6.45. The monoisotopic (exact) mass is 521 g/mol. The molecule has 0 spiro atoms. The second kappa shape index (κ2) is 10.3. The van der Waals surface area contributed by atoms with E-state index >= 15 is 0 Å². The molecular formula is C29H36FN5O3. The largest absolute Gasteiger partial charge is 0.477 e. The highest BCUT2D eigenvalue weighted by atomic mass is 19.1. The van der Waals surface area contributed by atoms with E-state index in [1.165, 1.54) is 38.1 Å². The summed E-state index contributed by atoms with van der Waals surface area (Å²) in [5.74, 6) is 0.173. The van der Waals surface area contributed by atoms with E-state index in [4.69, 9.17) is 9.84 Å². The van der Waals surface area contributed by atoms with Gasteiger partial charge in [-0.2, -0.15) is 5.10 Å². The zero-order chi connectivity index (χ0) is 26.4. The Morgan fingerprint density at radius 2 is 1.66 bits per heavy atom. The summed E-state index contributed by atoms with van der Waals surface area (Å²) < 4.78 is 20.7. The number of carboxylic acid groups (broad SMARTS) is 1. The SMILES string of the molecule is CC(C)c1nn(-c2ccc(F)cc2)c2nc(C(=O)O)cc(N3CCC(C4CCN(C5COC5)CC4)CC3)c12. The maximum Gasteiger partial charge on any atom is 0.354 e. The van der Waals surface area contributed by atoms with Crippen LogP contribution in [-0.2, 0) is 4.74 Å². The molecule has 3 fully saturated rings. The standard InChI is InChI=1S/C29H36FN5O3/c1-18(2)27-26-25(15-24(29(36)37)31-28(26)35(32-27)22-5-3-21(30)4-6-22)34-13-9-20(10-14-34)19-7-11-33(12-8-19)23-16-38-17-23/h3-6,15,18-20,23H,7-14,16-17H2,1-2H3,(H,36,37). The number of anilines is 1. The van der Waals surface area contributed by atoms with Crippen molar-refractivity contribution in [3.8, 4) is 5.69 Å². The Bertz CT molecular complexity index is 1300. The number of pyridine rings is 1. The first-order chi connectivity index (χ1) is 18.4. The maximum atomic E-state index is 13.6. The summed E-state index contributed by atoms with van der Waals surface area (Å²) in [6.45, 7) is 10.1. The van der Waals surface area contributed by atoms with Crippen LogP contribution in [0.3, 0.4) is 0 Å². The lowest BCUT2D eigenvalue weighted by Gasteiger charge is -2.44. The predicted molar refractivity (Wildman–Crippen MR) is 144 cm³/mol. The molecule has 0 unspecified atom stereocenters. The Balaban J connectivity index is 1.28. The van der Waals surface area contributed by atoms with E-state index in [0.29, 0.717) is 23.3 Å². The van der Waals surface area contributed by atoms with Crippen molar-refractivity contribution in [3.63, 3.8) is 0 Å². The van der Waals surface area contributed by atoms with Crippen LogP contribution in [0.2, 0.25) is 0 Å².